The summed E-state index contributed by atoms with van der Waals surface area (Å²) in [4.78, 5) is 19.3. The first kappa shape index (κ1) is 18.5. The van der Waals surface area contributed by atoms with Crippen LogP contribution in [-0.2, 0) is 0 Å². The van der Waals surface area contributed by atoms with E-state index in [0.29, 0.717) is 18.1 Å². The molecule has 2 aliphatic heterocycles. The summed E-state index contributed by atoms with van der Waals surface area (Å²) >= 11 is 0. The molecule has 5 nitrogen and oxygen atoms in total. The molecule has 0 saturated carbocycles. The van der Waals surface area contributed by atoms with E-state index < -0.39 is 0 Å². The maximum absolute atomic E-state index is 12.4. The highest BCUT2D eigenvalue weighted by Crippen LogP contribution is 2.20. The lowest BCUT2D eigenvalue weighted by molar-refractivity contribution is 0.0995. The van der Waals surface area contributed by atoms with Gasteiger partial charge >= 0.3 is 6.03 Å². The molecule has 1 N–H and O–H groups in total. The number of nitrogens with zero attached hydrogens (tertiary/aromatic N) is 3. The molecule has 0 aromatic carbocycles. The number of likely N-dealkylation sites (tertiary alicyclic amines) is 2. The Kier molecular flexibility index (Phi) is 7.15. The molecule has 0 radical (unpaired) electrons. The van der Waals surface area contributed by atoms with Crippen molar-refractivity contribution in [3.8, 4) is 0 Å². The van der Waals surface area contributed by atoms with Gasteiger partial charge < -0.3 is 15.1 Å². The lowest BCUT2D eigenvalue weighted by Crippen LogP contribution is -2.52. The minimum Gasteiger partial charge on any atom is -0.337 e. The Morgan fingerprint density at radius 3 is 2.57 bits per heavy atom. The summed E-state index contributed by atoms with van der Waals surface area (Å²) in [6.07, 6.45) is 6.11. The summed E-state index contributed by atoms with van der Waals surface area (Å²) in [5.74, 6) is 0. The van der Waals surface area contributed by atoms with Crippen molar-refractivity contribution >= 4 is 6.03 Å². The molecule has 2 heterocycles. The van der Waals surface area contributed by atoms with Gasteiger partial charge in [-0.15, -0.1) is 0 Å². The maximum Gasteiger partial charge on any atom is 0.317 e. The average Bonchev–Trinajstić information content (AvgIpc) is 2.55. The van der Waals surface area contributed by atoms with Gasteiger partial charge in [0.15, 0.2) is 0 Å². The van der Waals surface area contributed by atoms with Gasteiger partial charge in [0.25, 0.3) is 0 Å². The maximum atomic E-state index is 12.4. The molecule has 0 spiro atoms. The van der Waals surface area contributed by atoms with Crippen LogP contribution in [-0.4, -0.2) is 78.6 Å². The largest absolute Gasteiger partial charge is 0.337 e. The number of amides is 2. The predicted octanol–water partition coefficient (Wildman–Crippen LogP) is 2.38. The topological polar surface area (TPSA) is 38.8 Å². The van der Waals surface area contributed by atoms with Crippen molar-refractivity contribution in [2.75, 3.05) is 39.8 Å². The van der Waals surface area contributed by atoms with Gasteiger partial charge in [0.05, 0.1) is 0 Å². The average molecular weight is 325 g/mol. The van der Waals surface area contributed by atoms with Gasteiger partial charge in [-0.1, -0.05) is 13.3 Å². The summed E-state index contributed by atoms with van der Waals surface area (Å²) in [6, 6.07) is 1.71. The molecule has 2 amide bonds. The standard InChI is InChI=1S/C18H36N4O/c1-5-21-12-9-17(14-16(21)3)20(4)18(23)19-10-13-22-11-7-6-8-15(22)2/h15-17H,5-14H2,1-4H3,(H,19,23)/t15-,16-,17-/m0/s1. The second-order valence-electron chi connectivity index (χ2n) is 7.38. The summed E-state index contributed by atoms with van der Waals surface area (Å²) < 4.78 is 0. The Balaban J connectivity index is 1.70. The molecule has 0 bridgehead atoms. The van der Waals surface area contributed by atoms with Gasteiger partial charge in [0, 0.05) is 44.8 Å². The summed E-state index contributed by atoms with van der Waals surface area (Å²) in [5, 5.41) is 3.12. The van der Waals surface area contributed by atoms with E-state index in [0.717, 1.165) is 39.0 Å². The molecule has 2 saturated heterocycles. The molecule has 2 fully saturated rings. The molecule has 23 heavy (non-hydrogen) atoms. The van der Waals surface area contributed by atoms with Crippen molar-refractivity contribution in [2.45, 2.75) is 71.0 Å². The van der Waals surface area contributed by atoms with E-state index in [1.807, 2.05) is 11.9 Å². The summed E-state index contributed by atoms with van der Waals surface area (Å²) in [5.41, 5.74) is 0. The van der Waals surface area contributed by atoms with Crippen molar-refractivity contribution in [2.24, 2.45) is 0 Å². The van der Waals surface area contributed by atoms with Crippen molar-refractivity contribution in [3.05, 3.63) is 0 Å². The third kappa shape index (κ3) is 5.08. The van der Waals surface area contributed by atoms with Crippen LogP contribution in [0.4, 0.5) is 4.79 Å². The minimum absolute atomic E-state index is 0.0943. The van der Waals surface area contributed by atoms with Gasteiger partial charge in [0.1, 0.15) is 0 Å². The van der Waals surface area contributed by atoms with Crippen LogP contribution in [0.1, 0.15) is 52.9 Å². The quantitative estimate of drug-likeness (QED) is 0.844. The zero-order valence-corrected chi connectivity index (χ0v) is 15.6. The van der Waals surface area contributed by atoms with E-state index in [2.05, 4.69) is 35.9 Å². The number of hydrogen-bond donors (Lipinski definition) is 1. The number of nitrogens with one attached hydrogen (secondary N) is 1. The van der Waals surface area contributed by atoms with E-state index in [4.69, 9.17) is 0 Å². The Morgan fingerprint density at radius 1 is 1.13 bits per heavy atom. The van der Waals surface area contributed by atoms with Crippen LogP contribution in [0.2, 0.25) is 0 Å². The van der Waals surface area contributed by atoms with E-state index >= 15 is 0 Å². The lowest BCUT2D eigenvalue weighted by Gasteiger charge is -2.40. The number of urea groups is 1. The first-order valence-electron chi connectivity index (χ1n) is 9.51. The predicted molar refractivity (Wildman–Crippen MR) is 95.8 cm³/mol. The van der Waals surface area contributed by atoms with E-state index in [9.17, 15) is 4.79 Å². The Bertz CT molecular complexity index is 376. The van der Waals surface area contributed by atoms with Crippen LogP contribution in [0.15, 0.2) is 0 Å². The van der Waals surface area contributed by atoms with E-state index in [-0.39, 0.29) is 6.03 Å². The van der Waals surface area contributed by atoms with Gasteiger partial charge in [0.2, 0.25) is 0 Å². The molecular formula is C18H36N4O. The summed E-state index contributed by atoms with van der Waals surface area (Å²) in [6.45, 7) is 11.9. The van der Waals surface area contributed by atoms with Crippen LogP contribution in [0.5, 0.6) is 0 Å². The van der Waals surface area contributed by atoms with Crippen LogP contribution in [0, 0.1) is 0 Å². The minimum atomic E-state index is 0.0943. The fraction of sp³-hybridized carbons (Fsp3) is 0.944. The highest BCUT2D eigenvalue weighted by molar-refractivity contribution is 5.74. The van der Waals surface area contributed by atoms with Gasteiger partial charge in [-0.3, -0.25) is 4.90 Å². The lowest BCUT2D eigenvalue weighted by atomic mass is 9.97. The van der Waals surface area contributed by atoms with Gasteiger partial charge in [-0.05, 0) is 52.6 Å². The fourth-order valence-electron chi connectivity index (χ4n) is 4.10. The molecule has 2 rings (SSSR count). The van der Waals surface area contributed by atoms with Crippen LogP contribution < -0.4 is 5.32 Å². The van der Waals surface area contributed by atoms with E-state index in [1.54, 1.807) is 0 Å². The number of piperidine rings is 2. The highest BCUT2D eigenvalue weighted by atomic mass is 16.2. The number of carbonyl (C=O) groups is 1. The molecule has 0 aliphatic carbocycles. The monoisotopic (exact) mass is 324 g/mol. The van der Waals surface area contributed by atoms with E-state index in [1.165, 1.54) is 25.8 Å². The van der Waals surface area contributed by atoms with Crippen LogP contribution >= 0.6 is 0 Å². The molecule has 134 valence electrons. The molecule has 0 aromatic heterocycles. The van der Waals surface area contributed by atoms with Crippen molar-refractivity contribution < 1.29 is 4.79 Å². The number of carbonyl (C=O) groups excluding carboxylic acids is 1. The SMILES string of the molecule is CCN1CC[C@H](N(C)C(=O)NCCN2CCCC[C@@H]2C)C[C@@H]1C. The molecule has 2 aliphatic rings. The van der Waals surface area contributed by atoms with Crippen LogP contribution in [0.3, 0.4) is 0 Å². The molecular weight excluding hydrogens is 288 g/mol. The normalized spacial score (nSPS) is 30.2. The molecule has 3 atom stereocenters. The second kappa shape index (κ2) is 8.88. The van der Waals surface area contributed by atoms with Crippen molar-refractivity contribution in [3.63, 3.8) is 0 Å². The molecule has 5 heteroatoms. The highest BCUT2D eigenvalue weighted by Gasteiger charge is 2.29. The fourth-order valence-corrected chi connectivity index (χ4v) is 4.10. The smallest absolute Gasteiger partial charge is 0.317 e. The zero-order valence-electron chi connectivity index (χ0n) is 15.6. The third-order valence-corrected chi connectivity index (χ3v) is 5.88. The zero-order chi connectivity index (χ0) is 16.8. The van der Waals surface area contributed by atoms with Crippen molar-refractivity contribution in [1.29, 1.82) is 0 Å². The Hall–Kier alpha value is -0.810. The Labute approximate surface area is 142 Å². The van der Waals surface area contributed by atoms with Crippen molar-refractivity contribution in [1.82, 2.24) is 20.0 Å². The molecule has 0 unspecified atom stereocenters. The number of hydrogen-bond acceptors (Lipinski definition) is 3. The summed E-state index contributed by atoms with van der Waals surface area (Å²) in [7, 11) is 1.96. The Morgan fingerprint density at radius 2 is 1.91 bits per heavy atom. The second-order valence-corrected chi connectivity index (χ2v) is 7.38. The van der Waals surface area contributed by atoms with Crippen LogP contribution in [0.25, 0.3) is 0 Å². The van der Waals surface area contributed by atoms with Gasteiger partial charge in [-0.25, -0.2) is 4.79 Å². The first-order valence-corrected chi connectivity index (χ1v) is 9.51. The number of rotatable bonds is 5. The first-order chi connectivity index (χ1) is 11.0. The molecule has 0 aromatic rings. The van der Waals surface area contributed by atoms with Gasteiger partial charge in [-0.2, -0.15) is 0 Å². The third-order valence-electron chi connectivity index (χ3n) is 5.88.